The lowest BCUT2D eigenvalue weighted by atomic mass is 9.97. The van der Waals surface area contributed by atoms with Crippen LogP contribution in [0.15, 0.2) is 18.2 Å². The van der Waals surface area contributed by atoms with Gasteiger partial charge in [0.2, 0.25) is 5.91 Å². The molecule has 110 valence electrons. The first-order valence-electron chi connectivity index (χ1n) is 6.79. The Bertz CT molecular complexity index is 712. The van der Waals surface area contributed by atoms with Crippen molar-refractivity contribution in [1.29, 1.82) is 0 Å². The maximum Gasteiger partial charge on any atom is 0.253 e. The van der Waals surface area contributed by atoms with Gasteiger partial charge >= 0.3 is 0 Å². The Morgan fingerprint density at radius 2 is 2.19 bits per heavy atom. The molecule has 1 unspecified atom stereocenters. The zero-order valence-electron chi connectivity index (χ0n) is 11.4. The minimum Gasteiger partial charge on any atom is -0.375 e. The van der Waals surface area contributed by atoms with Crippen LogP contribution in [0, 0.1) is 5.92 Å². The van der Waals surface area contributed by atoms with Gasteiger partial charge in [0, 0.05) is 18.7 Å². The third kappa shape index (κ3) is 2.69. The number of fused-ring (bicyclic) bond motifs is 1. The van der Waals surface area contributed by atoms with Crippen LogP contribution in [0.5, 0.6) is 0 Å². The molecule has 0 aliphatic carbocycles. The Hall–Kier alpha value is -2.15. The average molecular weight is 304 g/mol. The summed E-state index contributed by atoms with van der Waals surface area (Å²) in [6.45, 7) is 1.06. The van der Waals surface area contributed by atoms with Gasteiger partial charge in [0.05, 0.1) is 16.1 Å². The second-order valence-electron chi connectivity index (χ2n) is 5.23. The normalized spacial score (nSPS) is 18.9. The summed E-state index contributed by atoms with van der Waals surface area (Å²) in [7, 11) is 0. The van der Waals surface area contributed by atoms with Crippen molar-refractivity contribution in [2.45, 2.75) is 12.8 Å². The van der Waals surface area contributed by atoms with Crippen molar-refractivity contribution in [3.05, 3.63) is 23.8 Å². The van der Waals surface area contributed by atoms with Crippen LogP contribution in [0.2, 0.25) is 0 Å². The first kappa shape index (κ1) is 13.8. The van der Waals surface area contributed by atoms with Crippen molar-refractivity contribution in [1.82, 2.24) is 9.88 Å². The molecule has 0 radical (unpaired) electrons. The summed E-state index contributed by atoms with van der Waals surface area (Å²) in [6, 6.07) is 5.35. The lowest BCUT2D eigenvalue weighted by Gasteiger charge is -2.31. The molecule has 0 saturated carbocycles. The van der Waals surface area contributed by atoms with Crippen molar-refractivity contribution in [3.63, 3.8) is 0 Å². The Morgan fingerprint density at radius 3 is 2.95 bits per heavy atom. The summed E-state index contributed by atoms with van der Waals surface area (Å²) in [4.78, 5) is 29.7. The Labute approximate surface area is 125 Å². The van der Waals surface area contributed by atoms with Gasteiger partial charge in [-0.05, 0) is 31.0 Å². The quantitative estimate of drug-likeness (QED) is 0.870. The van der Waals surface area contributed by atoms with Crippen molar-refractivity contribution in [2.24, 2.45) is 11.7 Å². The number of rotatable bonds is 2. The molecule has 1 saturated heterocycles. The number of anilines is 1. The number of benzene rings is 1. The Balaban J connectivity index is 1.84. The lowest BCUT2D eigenvalue weighted by Crippen LogP contribution is -2.44. The molecule has 1 aliphatic rings. The van der Waals surface area contributed by atoms with Crippen LogP contribution in [-0.2, 0) is 4.79 Å². The highest BCUT2D eigenvalue weighted by Gasteiger charge is 2.27. The smallest absolute Gasteiger partial charge is 0.253 e. The molecule has 6 nitrogen and oxygen atoms in total. The number of piperidine rings is 1. The van der Waals surface area contributed by atoms with Crippen molar-refractivity contribution in [2.75, 3.05) is 18.8 Å². The largest absolute Gasteiger partial charge is 0.375 e. The number of likely N-dealkylation sites (tertiary alicyclic amines) is 1. The van der Waals surface area contributed by atoms with Gasteiger partial charge < -0.3 is 16.4 Å². The van der Waals surface area contributed by atoms with Gasteiger partial charge in [-0.2, -0.15) is 0 Å². The van der Waals surface area contributed by atoms with E-state index in [2.05, 4.69) is 4.98 Å². The van der Waals surface area contributed by atoms with Gasteiger partial charge in [-0.3, -0.25) is 9.59 Å². The topological polar surface area (TPSA) is 102 Å². The molecule has 0 spiro atoms. The number of nitrogens with zero attached hydrogens (tertiary/aromatic N) is 2. The Morgan fingerprint density at radius 1 is 1.38 bits per heavy atom. The predicted molar refractivity (Wildman–Crippen MR) is 81.9 cm³/mol. The van der Waals surface area contributed by atoms with E-state index < -0.39 is 0 Å². The van der Waals surface area contributed by atoms with Crippen LogP contribution in [0.4, 0.5) is 5.13 Å². The second-order valence-corrected chi connectivity index (χ2v) is 6.29. The summed E-state index contributed by atoms with van der Waals surface area (Å²) >= 11 is 1.36. The monoisotopic (exact) mass is 304 g/mol. The maximum atomic E-state index is 12.5. The van der Waals surface area contributed by atoms with E-state index in [0.29, 0.717) is 23.8 Å². The molecule has 2 heterocycles. The zero-order chi connectivity index (χ0) is 15.0. The molecule has 2 aromatic rings. The average Bonchev–Trinajstić information content (AvgIpc) is 2.85. The van der Waals surface area contributed by atoms with E-state index in [1.807, 2.05) is 0 Å². The van der Waals surface area contributed by atoms with Crippen molar-refractivity contribution in [3.8, 4) is 0 Å². The molecule has 1 aromatic carbocycles. The number of carbonyl (C=O) groups is 2. The lowest BCUT2D eigenvalue weighted by molar-refractivity contribution is -0.123. The zero-order valence-corrected chi connectivity index (χ0v) is 12.2. The van der Waals surface area contributed by atoms with Crippen LogP contribution in [0.3, 0.4) is 0 Å². The van der Waals surface area contributed by atoms with E-state index in [1.54, 1.807) is 23.1 Å². The standard InChI is InChI=1S/C14H16N4O2S/c15-12(19)9-2-1-5-18(7-9)13(20)8-3-4-10-11(6-8)21-14(16)17-10/h3-4,6,9H,1-2,5,7H2,(H2,15,19)(H2,16,17). The number of nitrogen functional groups attached to an aromatic ring is 1. The van der Waals surface area contributed by atoms with Crippen molar-refractivity contribution < 1.29 is 9.59 Å². The fourth-order valence-corrected chi connectivity index (χ4v) is 3.43. The summed E-state index contributed by atoms with van der Waals surface area (Å²) in [6.07, 6.45) is 1.55. The number of hydrogen-bond donors (Lipinski definition) is 2. The van der Waals surface area contributed by atoms with E-state index in [0.717, 1.165) is 23.1 Å². The van der Waals surface area contributed by atoms with E-state index in [1.165, 1.54) is 11.3 Å². The number of aromatic nitrogens is 1. The van der Waals surface area contributed by atoms with E-state index >= 15 is 0 Å². The van der Waals surface area contributed by atoms with Crippen LogP contribution in [0.1, 0.15) is 23.2 Å². The molecular formula is C14H16N4O2S. The fourth-order valence-electron chi connectivity index (χ4n) is 2.65. The molecule has 21 heavy (non-hydrogen) atoms. The fraction of sp³-hybridized carbons (Fsp3) is 0.357. The first-order chi connectivity index (χ1) is 10.0. The first-order valence-corrected chi connectivity index (χ1v) is 7.61. The van der Waals surface area contributed by atoms with Crippen LogP contribution in [0.25, 0.3) is 10.2 Å². The van der Waals surface area contributed by atoms with Crippen molar-refractivity contribution >= 4 is 38.5 Å². The SMILES string of the molecule is NC(=O)C1CCCN(C(=O)c2ccc3nc(N)sc3c2)C1. The molecule has 1 atom stereocenters. The van der Waals surface area contributed by atoms with Gasteiger partial charge in [0.25, 0.3) is 5.91 Å². The van der Waals surface area contributed by atoms with E-state index in [-0.39, 0.29) is 17.7 Å². The predicted octanol–water partition coefficient (Wildman–Crippen LogP) is 1.22. The van der Waals surface area contributed by atoms with Gasteiger partial charge in [-0.25, -0.2) is 4.98 Å². The third-order valence-corrected chi connectivity index (χ3v) is 4.61. The van der Waals surface area contributed by atoms with Gasteiger partial charge in [0.15, 0.2) is 5.13 Å². The molecule has 2 amide bonds. The highest BCUT2D eigenvalue weighted by molar-refractivity contribution is 7.22. The molecule has 3 rings (SSSR count). The summed E-state index contributed by atoms with van der Waals surface area (Å²) in [5, 5.41) is 0.487. The highest BCUT2D eigenvalue weighted by Crippen LogP contribution is 2.26. The second kappa shape index (κ2) is 5.33. The number of carbonyl (C=O) groups excluding carboxylic acids is 2. The molecule has 0 bridgehead atoms. The molecule has 7 heteroatoms. The minimum absolute atomic E-state index is 0.0742. The summed E-state index contributed by atoms with van der Waals surface area (Å²) < 4.78 is 0.891. The molecular weight excluding hydrogens is 288 g/mol. The summed E-state index contributed by atoms with van der Waals surface area (Å²) in [5.41, 5.74) is 12.4. The Kier molecular flexibility index (Phi) is 3.50. The van der Waals surface area contributed by atoms with E-state index in [4.69, 9.17) is 11.5 Å². The van der Waals surface area contributed by atoms with Crippen LogP contribution >= 0.6 is 11.3 Å². The number of primary amides is 1. The van der Waals surface area contributed by atoms with Crippen LogP contribution in [-0.4, -0.2) is 34.8 Å². The number of hydrogen-bond acceptors (Lipinski definition) is 5. The molecule has 1 aromatic heterocycles. The van der Waals surface area contributed by atoms with E-state index in [9.17, 15) is 9.59 Å². The summed E-state index contributed by atoms with van der Waals surface area (Å²) in [5.74, 6) is -0.654. The number of nitrogens with two attached hydrogens (primary N) is 2. The highest BCUT2D eigenvalue weighted by atomic mass is 32.1. The van der Waals surface area contributed by atoms with Crippen LogP contribution < -0.4 is 11.5 Å². The number of amides is 2. The maximum absolute atomic E-state index is 12.5. The molecule has 1 fully saturated rings. The van der Waals surface area contributed by atoms with Gasteiger partial charge in [-0.1, -0.05) is 11.3 Å². The van der Waals surface area contributed by atoms with Gasteiger partial charge in [0.1, 0.15) is 0 Å². The van der Waals surface area contributed by atoms with Gasteiger partial charge in [-0.15, -0.1) is 0 Å². The third-order valence-electron chi connectivity index (χ3n) is 3.76. The minimum atomic E-state index is -0.335. The number of thiazole rings is 1. The molecule has 1 aliphatic heterocycles. The molecule has 4 N–H and O–H groups in total.